The maximum absolute atomic E-state index is 11.9. The average molecular weight is 261 g/mol. The maximum atomic E-state index is 11.9. The van der Waals surface area contributed by atoms with Crippen molar-refractivity contribution >= 4 is 23.3 Å². The molecule has 2 rings (SSSR count). The van der Waals surface area contributed by atoms with Crippen molar-refractivity contribution in [3.63, 3.8) is 0 Å². The zero-order valence-electron chi connectivity index (χ0n) is 9.98. The summed E-state index contributed by atoms with van der Waals surface area (Å²) in [5.74, 6) is 0.263. The number of amides is 1. The van der Waals surface area contributed by atoms with E-state index in [1.807, 2.05) is 12.1 Å². The summed E-state index contributed by atoms with van der Waals surface area (Å²) >= 11 is 5.75. The van der Waals surface area contributed by atoms with Gasteiger partial charge in [0.15, 0.2) is 0 Å². The highest BCUT2D eigenvalue weighted by Crippen LogP contribution is 2.11. The molecule has 4 heteroatoms. The van der Waals surface area contributed by atoms with Crippen LogP contribution in [0, 0.1) is 0 Å². The highest BCUT2D eigenvalue weighted by molar-refractivity contribution is 6.29. The molecule has 0 saturated heterocycles. The molecule has 92 valence electrons. The number of aromatic nitrogens is 1. The second-order valence-corrected chi connectivity index (χ2v) is 4.24. The molecule has 0 bridgehead atoms. The van der Waals surface area contributed by atoms with Gasteiger partial charge in [-0.05, 0) is 36.2 Å². The number of nitrogens with one attached hydrogen (secondary N) is 1. The molecule has 1 heterocycles. The van der Waals surface area contributed by atoms with E-state index in [9.17, 15) is 4.79 Å². The summed E-state index contributed by atoms with van der Waals surface area (Å²) in [6.07, 6.45) is 0.956. The number of halogens is 1. The molecule has 0 spiro atoms. The molecule has 1 amide bonds. The van der Waals surface area contributed by atoms with Crippen molar-refractivity contribution in [3.8, 4) is 0 Å². The lowest BCUT2D eigenvalue weighted by Gasteiger charge is -2.05. The molecule has 1 aromatic heterocycles. The fraction of sp³-hybridized carbons (Fsp3) is 0.143. The van der Waals surface area contributed by atoms with E-state index in [2.05, 4.69) is 17.2 Å². The van der Waals surface area contributed by atoms with E-state index in [1.54, 1.807) is 30.3 Å². The fourth-order valence-electron chi connectivity index (χ4n) is 1.56. The lowest BCUT2D eigenvalue weighted by molar-refractivity contribution is 0.102. The van der Waals surface area contributed by atoms with Crippen LogP contribution in [0.25, 0.3) is 0 Å². The van der Waals surface area contributed by atoms with E-state index in [1.165, 1.54) is 5.56 Å². The van der Waals surface area contributed by atoms with Crippen LogP contribution >= 0.6 is 11.6 Å². The zero-order valence-corrected chi connectivity index (χ0v) is 10.7. The third-order valence-corrected chi connectivity index (χ3v) is 2.79. The molecule has 2 aromatic rings. The monoisotopic (exact) mass is 260 g/mol. The summed E-state index contributed by atoms with van der Waals surface area (Å²) in [6, 6.07) is 12.6. The van der Waals surface area contributed by atoms with E-state index < -0.39 is 0 Å². The molecule has 0 atom stereocenters. The van der Waals surface area contributed by atoms with Crippen molar-refractivity contribution < 1.29 is 4.79 Å². The lowest BCUT2D eigenvalue weighted by Crippen LogP contribution is -2.12. The minimum absolute atomic E-state index is 0.188. The van der Waals surface area contributed by atoms with Crippen molar-refractivity contribution in [2.75, 3.05) is 5.32 Å². The molecule has 0 saturated carbocycles. The molecule has 0 aliphatic rings. The van der Waals surface area contributed by atoms with Crippen LogP contribution in [-0.2, 0) is 6.42 Å². The molecule has 1 aromatic carbocycles. The van der Waals surface area contributed by atoms with Crippen LogP contribution in [0.3, 0.4) is 0 Å². The first-order valence-electron chi connectivity index (χ1n) is 5.72. The predicted molar refractivity (Wildman–Crippen MR) is 73.0 cm³/mol. The highest BCUT2D eigenvalue weighted by Gasteiger charge is 2.06. The second kappa shape index (κ2) is 5.65. The van der Waals surface area contributed by atoms with Gasteiger partial charge < -0.3 is 5.32 Å². The van der Waals surface area contributed by atoms with Crippen molar-refractivity contribution in [2.45, 2.75) is 13.3 Å². The SMILES string of the molecule is CCc1ccc(C(=O)Nc2cccc(Cl)n2)cc1. The van der Waals surface area contributed by atoms with Crippen molar-refractivity contribution in [1.29, 1.82) is 0 Å². The van der Waals surface area contributed by atoms with Crippen molar-refractivity contribution in [3.05, 3.63) is 58.7 Å². The number of anilines is 1. The average Bonchev–Trinajstić information content (AvgIpc) is 2.39. The number of carbonyl (C=O) groups is 1. The Morgan fingerprint density at radius 2 is 1.94 bits per heavy atom. The number of pyridine rings is 1. The Labute approximate surface area is 111 Å². The number of nitrogens with zero attached hydrogens (tertiary/aromatic N) is 1. The van der Waals surface area contributed by atoms with E-state index in [-0.39, 0.29) is 5.91 Å². The van der Waals surface area contributed by atoms with Crippen LogP contribution in [-0.4, -0.2) is 10.9 Å². The first-order chi connectivity index (χ1) is 8.69. The lowest BCUT2D eigenvalue weighted by atomic mass is 10.1. The van der Waals surface area contributed by atoms with Gasteiger partial charge >= 0.3 is 0 Å². The van der Waals surface area contributed by atoms with Gasteiger partial charge in [-0.2, -0.15) is 0 Å². The molecule has 0 aliphatic carbocycles. The predicted octanol–water partition coefficient (Wildman–Crippen LogP) is 3.55. The van der Waals surface area contributed by atoms with E-state index in [0.717, 1.165) is 6.42 Å². The Hall–Kier alpha value is -1.87. The molecule has 0 unspecified atom stereocenters. The van der Waals surface area contributed by atoms with Crippen LogP contribution in [0.15, 0.2) is 42.5 Å². The van der Waals surface area contributed by atoms with Crippen LogP contribution in [0.1, 0.15) is 22.8 Å². The molecule has 3 nitrogen and oxygen atoms in total. The number of benzene rings is 1. The van der Waals surface area contributed by atoms with Gasteiger partial charge in [-0.3, -0.25) is 4.79 Å². The Kier molecular flexibility index (Phi) is 3.95. The first kappa shape index (κ1) is 12.6. The van der Waals surface area contributed by atoms with Crippen molar-refractivity contribution in [2.24, 2.45) is 0 Å². The molecule has 0 fully saturated rings. The van der Waals surface area contributed by atoms with Crippen LogP contribution in [0.4, 0.5) is 5.82 Å². The Balaban J connectivity index is 2.11. The van der Waals surface area contributed by atoms with Crippen molar-refractivity contribution in [1.82, 2.24) is 4.98 Å². The summed E-state index contributed by atoms with van der Waals surface area (Å²) in [5, 5.41) is 3.06. The van der Waals surface area contributed by atoms with Gasteiger partial charge in [-0.25, -0.2) is 4.98 Å². The number of hydrogen-bond acceptors (Lipinski definition) is 2. The van der Waals surface area contributed by atoms with Gasteiger partial charge in [0.05, 0.1) is 0 Å². The smallest absolute Gasteiger partial charge is 0.256 e. The van der Waals surface area contributed by atoms with Gasteiger partial charge in [0, 0.05) is 5.56 Å². The maximum Gasteiger partial charge on any atom is 0.256 e. The van der Waals surface area contributed by atoms with E-state index >= 15 is 0 Å². The number of hydrogen-bond donors (Lipinski definition) is 1. The molecule has 0 aliphatic heterocycles. The summed E-state index contributed by atoms with van der Waals surface area (Å²) in [4.78, 5) is 15.9. The molecule has 18 heavy (non-hydrogen) atoms. The number of rotatable bonds is 3. The Morgan fingerprint density at radius 1 is 1.22 bits per heavy atom. The van der Waals surface area contributed by atoms with Crippen LogP contribution in [0.5, 0.6) is 0 Å². The Morgan fingerprint density at radius 3 is 2.56 bits per heavy atom. The van der Waals surface area contributed by atoms with E-state index in [0.29, 0.717) is 16.5 Å². The normalized spacial score (nSPS) is 10.1. The largest absolute Gasteiger partial charge is 0.307 e. The van der Waals surface area contributed by atoms with E-state index in [4.69, 9.17) is 11.6 Å². The summed E-state index contributed by atoms with van der Waals surface area (Å²) < 4.78 is 0. The summed E-state index contributed by atoms with van der Waals surface area (Å²) in [5.41, 5.74) is 1.81. The topological polar surface area (TPSA) is 42.0 Å². The van der Waals surface area contributed by atoms with Gasteiger partial charge in [-0.1, -0.05) is 36.7 Å². The molecular weight excluding hydrogens is 248 g/mol. The van der Waals surface area contributed by atoms with Crippen LogP contribution in [0.2, 0.25) is 5.15 Å². The number of aryl methyl sites for hydroxylation is 1. The highest BCUT2D eigenvalue weighted by atomic mass is 35.5. The Bertz CT molecular complexity index is 552. The zero-order chi connectivity index (χ0) is 13.0. The first-order valence-corrected chi connectivity index (χ1v) is 6.09. The quantitative estimate of drug-likeness (QED) is 0.858. The minimum Gasteiger partial charge on any atom is -0.307 e. The third kappa shape index (κ3) is 3.08. The third-order valence-electron chi connectivity index (χ3n) is 2.58. The van der Waals surface area contributed by atoms with Crippen LogP contribution < -0.4 is 5.32 Å². The van der Waals surface area contributed by atoms with Gasteiger partial charge in [0.1, 0.15) is 11.0 Å². The molecule has 1 N–H and O–H groups in total. The van der Waals surface area contributed by atoms with Gasteiger partial charge in [-0.15, -0.1) is 0 Å². The van der Waals surface area contributed by atoms with Gasteiger partial charge in [0.25, 0.3) is 5.91 Å². The fourth-order valence-corrected chi connectivity index (χ4v) is 1.72. The molecular formula is C14H13ClN2O. The number of carbonyl (C=O) groups excluding carboxylic acids is 1. The second-order valence-electron chi connectivity index (χ2n) is 3.85. The molecule has 0 radical (unpaired) electrons. The minimum atomic E-state index is -0.188. The summed E-state index contributed by atoms with van der Waals surface area (Å²) in [7, 11) is 0. The van der Waals surface area contributed by atoms with Gasteiger partial charge in [0.2, 0.25) is 0 Å². The standard InChI is InChI=1S/C14H13ClN2O/c1-2-10-6-8-11(9-7-10)14(18)17-13-5-3-4-12(15)16-13/h3-9H,2H2,1H3,(H,16,17,18). The summed E-state index contributed by atoms with van der Waals surface area (Å²) in [6.45, 7) is 2.07.